The van der Waals surface area contributed by atoms with Gasteiger partial charge in [0.1, 0.15) is 11.4 Å². The number of hydrogen-bond donors (Lipinski definition) is 1. The van der Waals surface area contributed by atoms with Gasteiger partial charge in [0.2, 0.25) is 11.8 Å². The lowest BCUT2D eigenvalue weighted by molar-refractivity contribution is -0.118. The fraction of sp³-hybridized carbons (Fsp3) is 0.333. The van der Waals surface area contributed by atoms with Crippen LogP contribution in [-0.2, 0) is 18.4 Å². The molecule has 1 aliphatic rings. The number of carbonyl (C=O) groups excluding carboxylic acids is 1. The summed E-state index contributed by atoms with van der Waals surface area (Å²) < 4.78 is 9.42. The van der Waals surface area contributed by atoms with Crippen LogP contribution in [0.3, 0.4) is 0 Å². The molecule has 0 bridgehead atoms. The number of fused-ring (bicyclic) bond motifs is 1. The van der Waals surface area contributed by atoms with Gasteiger partial charge in [-0.15, -0.1) is 0 Å². The van der Waals surface area contributed by atoms with Crippen molar-refractivity contribution in [2.75, 3.05) is 5.32 Å². The van der Waals surface area contributed by atoms with Gasteiger partial charge in [0.25, 0.3) is 0 Å². The fourth-order valence-electron chi connectivity index (χ4n) is 3.31. The van der Waals surface area contributed by atoms with E-state index >= 15 is 0 Å². The average molecular weight is 352 g/mol. The van der Waals surface area contributed by atoms with Crippen molar-refractivity contribution in [1.82, 2.24) is 24.5 Å². The van der Waals surface area contributed by atoms with Gasteiger partial charge in [-0.1, -0.05) is 0 Å². The SMILES string of the molecule is Cc1nn(C)c(Oc2cccnc2)c1NC(=O)C1CCCn2nccc21. The Hall–Kier alpha value is -3.16. The highest BCUT2D eigenvalue weighted by Gasteiger charge is 2.29. The molecule has 8 nitrogen and oxygen atoms in total. The predicted molar refractivity (Wildman–Crippen MR) is 95.1 cm³/mol. The van der Waals surface area contributed by atoms with E-state index in [2.05, 4.69) is 20.5 Å². The Morgan fingerprint density at radius 3 is 3.04 bits per heavy atom. The molecule has 26 heavy (non-hydrogen) atoms. The third kappa shape index (κ3) is 2.94. The lowest BCUT2D eigenvalue weighted by Crippen LogP contribution is -2.27. The van der Waals surface area contributed by atoms with Gasteiger partial charge in [-0.2, -0.15) is 10.2 Å². The highest BCUT2D eigenvalue weighted by Crippen LogP contribution is 2.34. The normalized spacial score (nSPS) is 16.2. The standard InChI is InChI=1S/C18H20N6O2/c1-12-16(18(23(2)22-12)26-13-5-3-8-19-11-13)21-17(25)14-6-4-10-24-15(14)7-9-20-24/h3,5,7-9,11,14H,4,6,10H2,1-2H3,(H,21,25). The van der Waals surface area contributed by atoms with Gasteiger partial charge in [0.15, 0.2) is 0 Å². The van der Waals surface area contributed by atoms with Gasteiger partial charge in [0, 0.05) is 26.0 Å². The van der Waals surface area contributed by atoms with E-state index in [-0.39, 0.29) is 11.8 Å². The number of aryl methyl sites for hydroxylation is 3. The molecule has 0 aliphatic carbocycles. The van der Waals surface area contributed by atoms with Gasteiger partial charge >= 0.3 is 0 Å². The highest BCUT2D eigenvalue weighted by molar-refractivity contribution is 5.97. The second-order valence-corrected chi connectivity index (χ2v) is 6.34. The molecule has 0 saturated heterocycles. The van der Waals surface area contributed by atoms with E-state index in [4.69, 9.17) is 4.74 Å². The Morgan fingerprint density at radius 2 is 2.23 bits per heavy atom. The van der Waals surface area contributed by atoms with E-state index in [1.807, 2.05) is 17.7 Å². The van der Waals surface area contributed by atoms with Crippen molar-refractivity contribution in [3.63, 3.8) is 0 Å². The molecule has 3 aromatic heterocycles. The topological polar surface area (TPSA) is 86.9 Å². The van der Waals surface area contributed by atoms with Crippen LogP contribution in [0.4, 0.5) is 5.69 Å². The van der Waals surface area contributed by atoms with Crippen LogP contribution in [0.5, 0.6) is 11.6 Å². The largest absolute Gasteiger partial charge is 0.436 e. The van der Waals surface area contributed by atoms with E-state index in [9.17, 15) is 4.79 Å². The van der Waals surface area contributed by atoms with Crippen molar-refractivity contribution in [3.8, 4) is 11.6 Å². The zero-order chi connectivity index (χ0) is 18.1. The van der Waals surface area contributed by atoms with Crippen molar-refractivity contribution < 1.29 is 9.53 Å². The summed E-state index contributed by atoms with van der Waals surface area (Å²) in [6.45, 7) is 2.70. The summed E-state index contributed by atoms with van der Waals surface area (Å²) in [5.74, 6) is 0.769. The van der Waals surface area contributed by atoms with Gasteiger partial charge in [-0.25, -0.2) is 4.68 Å². The van der Waals surface area contributed by atoms with Crippen LogP contribution in [0.25, 0.3) is 0 Å². The number of rotatable bonds is 4. The Labute approximate surface area is 150 Å². The number of aromatic nitrogens is 5. The first-order valence-electron chi connectivity index (χ1n) is 8.57. The molecule has 0 aromatic carbocycles. The third-order valence-corrected chi connectivity index (χ3v) is 4.55. The smallest absolute Gasteiger partial charge is 0.241 e. The Morgan fingerprint density at radius 1 is 1.35 bits per heavy atom. The molecule has 4 rings (SSSR count). The summed E-state index contributed by atoms with van der Waals surface area (Å²) in [6.07, 6.45) is 6.77. The third-order valence-electron chi connectivity index (χ3n) is 4.55. The monoisotopic (exact) mass is 352 g/mol. The molecule has 8 heteroatoms. The average Bonchev–Trinajstić information content (AvgIpc) is 3.22. The molecule has 0 radical (unpaired) electrons. The second-order valence-electron chi connectivity index (χ2n) is 6.34. The number of hydrogen-bond acceptors (Lipinski definition) is 5. The molecule has 4 heterocycles. The number of ether oxygens (including phenoxy) is 1. The zero-order valence-electron chi connectivity index (χ0n) is 14.7. The molecule has 1 unspecified atom stereocenters. The summed E-state index contributed by atoms with van der Waals surface area (Å²) in [5, 5.41) is 11.7. The van der Waals surface area contributed by atoms with E-state index in [0.29, 0.717) is 23.0 Å². The fourth-order valence-corrected chi connectivity index (χ4v) is 3.31. The van der Waals surface area contributed by atoms with Gasteiger partial charge in [-0.05, 0) is 38.0 Å². The quantitative estimate of drug-likeness (QED) is 0.780. The highest BCUT2D eigenvalue weighted by atomic mass is 16.5. The Balaban J connectivity index is 1.60. The van der Waals surface area contributed by atoms with E-state index < -0.39 is 0 Å². The maximum absolute atomic E-state index is 12.9. The number of carbonyl (C=O) groups is 1. The van der Waals surface area contributed by atoms with Crippen LogP contribution in [0.15, 0.2) is 36.8 Å². The van der Waals surface area contributed by atoms with E-state index in [1.165, 1.54) is 0 Å². The zero-order valence-corrected chi connectivity index (χ0v) is 14.7. The van der Waals surface area contributed by atoms with Crippen LogP contribution in [0, 0.1) is 6.92 Å². The maximum Gasteiger partial charge on any atom is 0.241 e. The molecule has 1 amide bonds. The van der Waals surface area contributed by atoms with Crippen LogP contribution < -0.4 is 10.1 Å². The number of pyridine rings is 1. The molecule has 0 spiro atoms. The van der Waals surface area contributed by atoms with Crippen LogP contribution in [-0.4, -0.2) is 30.5 Å². The molecular weight excluding hydrogens is 332 g/mol. The number of nitrogens with one attached hydrogen (secondary N) is 1. The lowest BCUT2D eigenvalue weighted by atomic mass is 9.95. The summed E-state index contributed by atoms with van der Waals surface area (Å²) in [5.41, 5.74) is 2.23. The molecule has 1 N–H and O–H groups in total. The number of anilines is 1. The first-order valence-corrected chi connectivity index (χ1v) is 8.57. The number of nitrogens with zero attached hydrogens (tertiary/aromatic N) is 5. The van der Waals surface area contributed by atoms with Crippen LogP contribution in [0.1, 0.15) is 30.1 Å². The summed E-state index contributed by atoms with van der Waals surface area (Å²) in [7, 11) is 1.78. The van der Waals surface area contributed by atoms with E-state index in [0.717, 1.165) is 25.1 Å². The van der Waals surface area contributed by atoms with Crippen molar-refractivity contribution in [3.05, 3.63) is 48.2 Å². The lowest BCUT2D eigenvalue weighted by Gasteiger charge is -2.23. The summed E-state index contributed by atoms with van der Waals surface area (Å²) in [6, 6.07) is 5.51. The van der Waals surface area contributed by atoms with Gasteiger partial charge < -0.3 is 10.1 Å². The minimum absolute atomic E-state index is 0.0708. The van der Waals surface area contributed by atoms with Crippen LogP contribution in [0.2, 0.25) is 0 Å². The number of amides is 1. The molecule has 1 aliphatic heterocycles. The first kappa shape index (κ1) is 16.3. The second kappa shape index (κ2) is 6.62. The van der Waals surface area contributed by atoms with E-state index in [1.54, 1.807) is 42.5 Å². The van der Waals surface area contributed by atoms with Crippen molar-refractivity contribution in [2.24, 2.45) is 7.05 Å². The summed E-state index contributed by atoms with van der Waals surface area (Å²) in [4.78, 5) is 17.0. The Kier molecular flexibility index (Phi) is 4.16. The molecular formula is C18H20N6O2. The van der Waals surface area contributed by atoms with Crippen molar-refractivity contribution in [1.29, 1.82) is 0 Å². The minimum atomic E-state index is -0.225. The molecule has 1 atom stereocenters. The first-order chi connectivity index (χ1) is 12.6. The van der Waals surface area contributed by atoms with Crippen molar-refractivity contribution >= 4 is 11.6 Å². The minimum Gasteiger partial charge on any atom is -0.436 e. The van der Waals surface area contributed by atoms with Crippen molar-refractivity contribution in [2.45, 2.75) is 32.2 Å². The summed E-state index contributed by atoms with van der Waals surface area (Å²) >= 11 is 0. The Bertz CT molecular complexity index is 931. The molecule has 3 aromatic rings. The molecule has 0 fully saturated rings. The van der Waals surface area contributed by atoms with Gasteiger partial charge in [0.05, 0.1) is 23.5 Å². The predicted octanol–water partition coefficient (Wildman–Crippen LogP) is 2.63. The van der Waals surface area contributed by atoms with Crippen LogP contribution >= 0.6 is 0 Å². The van der Waals surface area contributed by atoms with Gasteiger partial charge in [-0.3, -0.25) is 14.5 Å². The molecule has 134 valence electrons. The molecule has 0 saturated carbocycles. The maximum atomic E-state index is 12.9.